The molecule has 0 unspecified atom stereocenters. The van der Waals surface area contributed by atoms with E-state index in [1.54, 1.807) is 36.5 Å². The van der Waals surface area contributed by atoms with Gasteiger partial charge in [0.25, 0.3) is 0 Å². The third-order valence-corrected chi connectivity index (χ3v) is 4.75. The molecule has 6 heteroatoms. The summed E-state index contributed by atoms with van der Waals surface area (Å²) in [6.07, 6.45) is 1.79. The predicted octanol–water partition coefficient (Wildman–Crippen LogP) is 1.77. The van der Waals surface area contributed by atoms with Gasteiger partial charge in [-0.25, -0.2) is 8.42 Å². The summed E-state index contributed by atoms with van der Waals surface area (Å²) < 4.78 is 26.1. The number of pyridine rings is 1. The molecule has 98 valence electrons. The van der Waals surface area contributed by atoms with E-state index in [0.717, 1.165) is 0 Å². The third-order valence-electron chi connectivity index (χ3n) is 2.83. The highest BCUT2D eigenvalue weighted by Crippen LogP contribution is 2.23. The van der Waals surface area contributed by atoms with Crippen LogP contribution in [0.5, 0.6) is 0 Å². The summed E-state index contributed by atoms with van der Waals surface area (Å²) in [6, 6.07) is 10.4. The molecule has 0 aliphatic carbocycles. The van der Waals surface area contributed by atoms with Crippen molar-refractivity contribution < 1.29 is 8.42 Å². The van der Waals surface area contributed by atoms with Crippen LogP contribution in [0.4, 0.5) is 0 Å². The fraction of sp³-hybridized carbons (Fsp3) is 0.231. The lowest BCUT2D eigenvalue weighted by Gasteiger charge is -2.16. The fourth-order valence-corrected chi connectivity index (χ4v) is 3.16. The van der Waals surface area contributed by atoms with Gasteiger partial charge in [-0.2, -0.15) is 9.57 Å². The summed E-state index contributed by atoms with van der Waals surface area (Å²) in [5.41, 5.74) is 0.636. The van der Waals surface area contributed by atoms with Gasteiger partial charge in [0.2, 0.25) is 10.0 Å². The standard InChI is InChI=1S/C13H13N3O2S/c1-16(10-4-8-14)19(17,18)13-7-2-6-12-11(13)5-3-9-15-12/h2-3,5-7,9H,4,10H2,1H3. The molecule has 1 aromatic heterocycles. The zero-order chi connectivity index (χ0) is 13.9. The molecule has 0 amide bonds. The van der Waals surface area contributed by atoms with Gasteiger partial charge in [0.1, 0.15) is 0 Å². The van der Waals surface area contributed by atoms with E-state index < -0.39 is 10.0 Å². The Balaban J connectivity index is 2.52. The molecule has 2 aromatic rings. The van der Waals surface area contributed by atoms with Crippen molar-refractivity contribution in [2.24, 2.45) is 0 Å². The second kappa shape index (κ2) is 5.34. The van der Waals surface area contributed by atoms with Crippen LogP contribution in [0.1, 0.15) is 6.42 Å². The molecule has 0 fully saturated rings. The van der Waals surface area contributed by atoms with E-state index >= 15 is 0 Å². The van der Waals surface area contributed by atoms with E-state index in [4.69, 9.17) is 5.26 Å². The number of rotatable bonds is 4. The highest BCUT2D eigenvalue weighted by Gasteiger charge is 2.22. The Labute approximate surface area is 112 Å². The number of nitrogens with zero attached hydrogens (tertiary/aromatic N) is 3. The number of aromatic nitrogens is 1. The lowest BCUT2D eigenvalue weighted by atomic mass is 10.2. The molecule has 19 heavy (non-hydrogen) atoms. The summed E-state index contributed by atoms with van der Waals surface area (Å²) >= 11 is 0. The van der Waals surface area contributed by atoms with Crippen molar-refractivity contribution in [1.82, 2.24) is 9.29 Å². The van der Waals surface area contributed by atoms with Crippen LogP contribution in [-0.4, -0.2) is 31.3 Å². The Morgan fingerprint density at radius 1 is 1.32 bits per heavy atom. The monoisotopic (exact) mass is 275 g/mol. The number of nitriles is 1. The zero-order valence-corrected chi connectivity index (χ0v) is 11.3. The van der Waals surface area contributed by atoms with E-state index in [-0.39, 0.29) is 17.9 Å². The Morgan fingerprint density at radius 3 is 2.84 bits per heavy atom. The van der Waals surface area contributed by atoms with Crippen LogP contribution in [0.15, 0.2) is 41.4 Å². The Hall–Kier alpha value is -1.97. The molecular formula is C13H13N3O2S. The average molecular weight is 275 g/mol. The molecule has 0 aliphatic rings. The van der Waals surface area contributed by atoms with Crippen molar-refractivity contribution >= 4 is 20.9 Å². The number of fused-ring (bicyclic) bond motifs is 1. The number of hydrogen-bond donors (Lipinski definition) is 0. The topological polar surface area (TPSA) is 74.1 Å². The van der Waals surface area contributed by atoms with E-state index in [2.05, 4.69) is 4.98 Å². The molecule has 2 rings (SSSR count). The molecule has 0 saturated heterocycles. The van der Waals surface area contributed by atoms with Crippen molar-refractivity contribution in [2.45, 2.75) is 11.3 Å². The smallest absolute Gasteiger partial charge is 0.243 e. The maximum Gasteiger partial charge on any atom is 0.243 e. The zero-order valence-electron chi connectivity index (χ0n) is 10.4. The van der Waals surface area contributed by atoms with Crippen molar-refractivity contribution in [3.8, 4) is 6.07 Å². The van der Waals surface area contributed by atoms with Gasteiger partial charge in [0.05, 0.1) is 16.5 Å². The molecule has 0 bridgehead atoms. The van der Waals surface area contributed by atoms with Crippen LogP contribution in [0.25, 0.3) is 10.9 Å². The summed E-state index contributed by atoms with van der Waals surface area (Å²) in [5, 5.41) is 9.13. The minimum Gasteiger partial charge on any atom is -0.256 e. The van der Waals surface area contributed by atoms with E-state index in [1.807, 2.05) is 6.07 Å². The Kier molecular flexibility index (Phi) is 3.79. The molecule has 0 atom stereocenters. The molecule has 1 heterocycles. The normalized spacial score (nSPS) is 11.6. The third kappa shape index (κ3) is 2.57. The molecule has 1 aromatic carbocycles. The first-order valence-electron chi connectivity index (χ1n) is 5.74. The van der Waals surface area contributed by atoms with Crippen LogP contribution >= 0.6 is 0 Å². The number of hydrogen-bond acceptors (Lipinski definition) is 4. The van der Waals surface area contributed by atoms with Crippen molar-refractivity contribution in [3.05, 3.63) is 36.5 Å². The van der Waals surface area contributed by atoms with Gasteiger partial charge < -0.3 is 0 Å². The van der Waals surface area contributed by atoms with Gasteiger partial charge in [0.15, 0.2) is 0 Å². The Bertz CT molecular complexity index is 730. The molecule has 0 spiro atoms. The van der Waals surface area contributed by atoms with Gasteiger partial charge in [-0.15, -0.1) is 0 Å². The fourth-order valence-electron chi connectivity index (χ4n) is 1.80. The van der Waals surface area contributed by atoms with Crippen LogP contribution in [0.2, 0.25) is 0 Å². The summed E-state index contributed by atoms with van der Waals surface area (Å²) in [7, 11) is -2.12. The van der Waals surface area contributed by atoms with Crippen LogP contribution in [0.3, 0.4) is 0 Å². The minimum absolute atomic E-state index is 0.165. The lowest BCUT2D eigenvalue weighted by Crippen LogP contribution is -2.28. The first-order chi connectivity index (χ1) is 9.07. The second-order valence-electron chi connectivity index (χ2n) is 4.06. The summed E-state index contributed by atoms with van der Waals surface area (Å²) in [4.78, 5) is 4.36. The van der Waals surface area contributed by atoms with E-state index in [9.17, 15) is 8.42 Å². The van der Waals surface area contributed by atoms with Crippen LogP contribution < -0.4 is 0 Å². The van der Waals surface area contributed by atoms with E-state index in [0.29, 0.717) is 10.9 Å². The highest BCUT2D eigenvalue weighted by atomic mass is 32.2. The van der Waals surface area contributed by atoms with Crippen molar-refractivity contribution in [2.75, 3.05) is 13.6 Å². The lowest BCUT2D eigenvalue weighted by molar-refractivity contribution is 0.477. The van der Waals surface area contributed by atoms with Gasteiger partial charge in [-0.05, 0) is 24.3 Å². The maximum absolute atomic E-state index is 12.4. The molecule has 0 aliphatic heterocycles. The predicted molar refractivity (Wildman–Crippen MR) is 71.8 cm³/mol. The first-order valence-corrected chi connectivity index (χ1v) is 7.18. The Morgan fingerprint density at radius 2 is 2.11 bits per heavy atom. The van der Waals surface area contributed by atoms with Crippen LogP contribution in [0, 0.1) is 11.3 Å². The van der Waals surface area contributed by atoms with Gasteiger partial charge >= 0.3 is 0 Å². The van der Waals surface area contributed by atoms with Crippen LogP contribution in [-0.2, 0) is 10.0 Å². The largest absolute Gasteiger partial charge is 0.256 e. The van der Waals surface area contributed by atoms with Crippen molar-refractivity contribution in [1.29, 1.82) is 5.26 Å². The number of sulfonamides is 1. The molecular weight excluding hydrogens is 262 g/mol. The van der Waals surface area contributed by atoms with Gasteiger partial charge in [-0.1, -0.05) is 6.07 Å². The SMILES string of the molecule is CN(CCC#N)S(=O)(=O)c1cccc2ncccc12. The molecule has 0 radical (unpaired) electrons. The summed E-state index contributed by atoms with van der Waals surface area (Å²) in [6.45, 7) is 0.176. The quantitative estimate of drug-likeness (QED) is 0.852. The summed E-state index contributed by atoms with van der Waals surface area (Å²) in [5.74, 6) is 0. The molecule has 0 saturated carbocycles. The maximum atomic E-state index is 12.4. The minimum atomic E-state index is -3.60. The molecule has 5 nitrogen and oxygen atoms in total. The van der Waals surface area contributed by atoms with E-state index in [1.165, 1.54) is 11.4 Å². The second-order valence-corrected chi connectivity index (χ2v) is 6.07. The van der Waals surface area contributed by atoms with Gasteiger partial charge in [-0.3, -0.25) is 4.98 Å². The average Bonchev–Trinajstić information content (AvgIpc) is 2.43. The first kappa shape index (κ1) is 13.5. The molecule has 0 N–H and O–H groups in total. The van der Waals surface area contributed by atoms with Crippen molar-refractivity contribution in [3.63, 3.8) is 0 Å². The van der Waals surface area contributed by atoms with Gasteiger partial charge in [0, 0.05) is 31.6 Å². The highest BCUT2D eigenvalue weighted by molar-refractivity contribution is 7.89. The number of benzene rings is 1.